The Kier molecular flexibility index (Phi) is 7.50. The number of hydrogen-bond donors (Lipinski definition) is 2. The standard InChI is InChI=1S/C11H15F3N2O2S.ClH/c1-2-15-7-8-16-19(17,18)10-6-4-3-5-9(10)11(12,13)14;/h3-6,15-16H,2,7-8H2,1H3;1H. The monoisotopic (exact) mass is 332 g/mol. The molecule has 0 aromatic heterocycles. The molecule has 0 aliphatic carbocycles. The molecule has 0 aliphatic heterocycles. The van der Waals surface area contributed by atoms with E-state index in [2.05, 4.69) is 10.0 Å². The third-order valence-corrected chi connectivity index (χ3v) is 3.85. The van der Waals surface area contributed by atoms with Crippen molar-refractivity contribution in [1.29, 1.82) is 0 Å². The minimum atomic E-state index is -4.70. The van der Waals surface area contributed by atoms with Gasteiger partial charge in [-0.25, -0.2) is 13.1 Å². The van der Waals surface area contributed by atoms with Crippen molar-refractivity contribution in [2.45, 2.75) is 18.0 Å². The van der Waals surface area contributed by atoms with Gasteiger partial charge in [0, 0.05) is 13.1 Å². The Labute approximate surface area is 122 Å². The lowest BCUT2D eigenvalue weighted by Crippen LogP contribution is -2.32. The van der Waals surface area contributed by atoms with Gasteiger partial charge < -0.3 is 5.32 Å². The number of rotatable bonds is 6. The normalized spacial score (nSPS) is 12.0. The summed E-state index contributed by atoms with van der Waals surface area (Å²) in [4.78, 5) is -0.751. The molecule has 0 heterocycles. The molecular weight excluding hydrogens is 317 g/mol. The summed E-state index contributed by atoms with van der Waals surface area (Å²) in [6.07, 6.45) is -4.70. The Bertz CT molecular complexity index is 521. The highest BCUT2D eigenvalue weighted by atomic mass is 35.5. The number of sulfonamides is 1. The Morgan fingerprint density at radius 3 is 2.30 bits per heavy atom. The molecule has 0 bridgehead atoms. The van der Waals surface area contributed by atoms with Crippen LogP contribution >= 0.6 is 12.4 Å². The van der Waals surface area contributed by atoms with Crippen LogP contribution in [-0.2, 0) is 16.2 Å². The lowest BCUT2D eigenvalue weighted by atomic mass is 10.2. The van der Waals surface area contributed by atoms with Gasteiger partial charge in [0.15, 0.2) is 0 Å². The molecule has 1 rings (SSSR count). The minimum absolute atomic E-state index is 0. The van der Waals surface area contributed by atoms with Crippen molar-refractivity contribution in [2.24, 2.45) is 0 Å². The molecule has 1 aromatic rings. The SMILES string of the molecule is CCNCCNS(=O)(=O)c1ccccc1C(F)(F)F.Cl. The Hall–Kier alpha value is -0.830. The maximum absolute atomic E-state index is 12.7. The van der Waals surface area contributed by atoms with Crippen molar-refractivity contribution in [1.82, 2.24) is 10.0 Å². The topological polar surface area (TPSA) is 58.2 Å². The first-order valence-electron chi connectivity index (χ1n) is 5.65. The van der Waals surface area contributed by atoms with E-state index >= 15 is 0 Å². The average Bonchev–Trinajstić information content (AvgIpc) is 2.34. The zero-order valence-electron chi connectivity index (χ0n) is 10.7. The van der Waals surface area contributed by atoms with Gasteiger partial charge in [-0.05, 0) is 18.7 Å². The summed E-state index contributed by atoms with van der Waals surface area (Å²) in [5, 5.41) is 2.87. The van der Waals surface area contributed by atoms with E-state index in [-0.39, 0.29) is 19.0 Å². The molecule has 0 spiro atoms. The number of halogens is 4. The molecule has 0 aliphatic rings. The highest BCUT2D eigenvalue weighted by molar-refractivity contribution is 7.89. The second-order valence-corrected chi connectivity index (χ2v) is 5.48. The van der Waals surface area contributed by atoms with Gasteiger partial charge in [-0.1, -0.05) is 19.1 Å². The lowest BCUT2D eigenvalue weighted by molar-refractivity contribution is -0.139. The number of alkyl halides is 3. The van der Waals surface area contributed by atoms with Crippen LogP contribution in [0.2, 0.25) is 0 Å². The molecule has 0 fully saturated rings. The fraction of sp³-hybridized carbons (Fsp3) is 0.455. The molecule has 1 aromatic carbocycles. The summed E-state index contributed by atoms with van der Waals surface area (Å²) in [6, 6.07) is 4.10. The number of nitrogens with one attached hydrogen (secondary N) is 2. The van der Waals surface area contributed by atoms with Crippen LogP contribution in [0.4, 0.5) is 13.2 Å². The van der Waals surface area contributed by atoms with Crippen LogP contribution in [0, 0.1) is 0 Å². The summed E-state index contributed by atoms with van der Waals surface area (Å²) in [6.45, 7) is 2.88. The van der Waals surface area contributed by atoms with E-state index in [1.807, 2.05) is 6.92 Å². The molecule has 0 amide bonds. The maximum atomic E-state index is 12.7. The molecule has 0 unspecified atom stereocenters. The predicted molar refractivity (Wildman–Crippen MR) is 72.4 cm³/mol. The van der Waals surface area contributed by atoms with Crippen molar-refractivity contribution in [3.05, 3.63) is 29.8 Å². The number of likely N-dealkylation sites (N-methyl/N-ethyl adjacent to an activating group) is 1. The molecule has 0 radical (unpaired) electrons. The van der Waals surface area contributed by atoms with Crippen LogP contribution in [0.15, 0.2) is 29.2 Å². The van der Waals surface area contributed by atoms with Crippen molar-refractivity contribution in [2.75, 3.05) is 19.6 Å². The summed E-state index contributed by atoms with van der Waals surface area (Å²) in [5.41, 5.74) is -1.16. The molecule has 0 saturated carbocycles. The fourth-order valence-electron chi connectivity index (χ4n) is 1.46. The van der Waals surface area contributed by atoms with Crippen LogP contribution in [0.5, 0.6) is 0 Å². The Morgan fingerprint density at radius 1 is 1.15 bits per heavy atom. The van der Waals surface area contributed by atoms with Crippen LogP contribution in [0.3, 0.4) is 0 Å². The first-order valence-corrected chi connectivity index (χ1v) is 7.14. The smallest absolute Gasteiger partial charge is 0.316 e. The summed E-state index contributed by atoms with van der Waals surface area (Å²) < 4.78 is 63.9. The van der Waals surface area contributed by atoms with Gasteiger partial charge in [-0.3, -0.25) is 0 Å². The van der Waals surface area contributed by atoms with Crippen molar-refractivity contribution in [3.63, 3.8) is 0 Å². The van der Waals surface area contributed by atoms with Crippen molar-refractivity contribution < 1.29 is 21.6 Å². The highest BCUT2D eigenvalue weighted by Crippen LogP contribution is 2.33. The van der Waals surface area contributed by atoms with Gasteiger partial charge in [-0.2, -0.15) is 13.2 Å². The molecule has 0 saturated heterocycles. The van der Waals surface area contributed by atoms with Crippen LogP contribution in [0.1, 0.15) is 12.5 Å². The first-order chi connectivity index (χ1) is 8.79. The van der Waals surface area contributed by atoms with E-state index < -0.39 is 26.7 Å². The third-order valence-electron chi connectivity index (χ3n) is 2.33. The van der Waals surface area contributed by atoms with Crippen LogP contribution in [-0.4, -0.2) is 28.1 Å². The van der Waals surface area contributed by atoms with Gasteiger partial charge in [0.2, 0.25) is 10.0 Å². The van der Waals surface area contributed by atoms with E-state index in [0.29, 0.717) is 13.1 Å². The zero-order chi connectivity index (χ0) is 14.5. The van der Waals surface area contributed by atoms with E-state index in [1.165, 1.54) is 6.07 Å². The van der Waals surface area contributed by atoms with Crippen LogP contribution in [0.25, 0.3) is 0 Å². The minimum Gasteiger partial charge on any atom is -0.316 e. The highest BCUT2D eigenvalue weighted by Gasteiger charge is 2.36. The Balaban J connectivity index is 0.00000361. The molecule has 20 heavy (non-hydrogen) atoms. The van der Waals surface area contributed by atoms with Gasteiger partial charge >= 0.3 is 6.18 Å². The van der Waals surface area contributed by atoms with E-state index in [1.54, 1.807) is 0 Å². The maximum Gasteiger partial charge on any atom is 0.417 e. The van der Waals surface area contributed by atoms with Gasteiger partial charge in [0.1, 0.15) is 0 Å². The molecule has 0 atom stereocenters. The lowest BCUT2D eigenvalue weighted by Gasteiger charge is -2.13. The number of hydrogen-bond acceptors (Lipinski definition) is 3. The molecular formula is C11H16ClF3N2O2S. The molecule has 116 valence electrons. The van der Waals surface area contributed by atoms with E-state index in [4.69, 9.17) is 0 Å². The van der Waals surface area contributed by atoms with E-state index in [0.717, 1.165) is 18.2 Å². The van der Waals surface area contributed by atoms with E-state index in [9.17, 15) is 21.6 Å². The average molecular weight is 333 g/mol. The van der Waals surface area contributed by atoms with Gasteiger partial charge in [-0.15, -0.1) is 12.4 Å². The summed E-state index contributed by atoms with van der Waals surface area (Å²) in [5.74, 6) is 0. The third kappa shape index (κ3) is 5.28. The van der Waals surface area contributed by atoms with Gasteiger partial charge in [0.25, 0.3) is 0 Å². The van der Waals surface area contributed by atoms with Crippen molar-refractivity contribution >= 4 is 22.4 Å². The Morgan fingerprint density at radius 2 is 1.75 bits per heavy atom. The molecule has 9 heteroatoms. The van der Waals surface area contributed by atoms with Gasteiger partial charge in [0.05, 0.1) is 10.5 Å². The number of benzene rings is 1. The predicted octanol–water partition coefficient (Wildman–Crippen LogP) is 2.02. The first kappa shape index (κ1) is 19.2. The largest absolute Gasteiger partial charge is 0.417 e. The quantitative estimate of drug-likeness (QED) is 0.784. The molecule has 2 N–H and O–H groups in total. The summed E-state index contributed by atoms with van der Waals surface area (Å²) >= 11 is 0. The summed E-state index contributed by atoms with van der Waals surface area (Å²) in [7, 11) is -4.16. The fourth-order valence-corrected chi connectivity index (χ4v) is 2.72. The second-order valence-electron chi connectivity index (χ2n) is 3.75. The second kappa shape index (κ2) is 7.82. The molecule has 4 nitrogen and oxygen atoms in total. The van der Waals surface area contributed by atoms with Crippen molar-refractivity contribution in [3.8, 4) is 0 Å². The zero-order valence-corrected chi connectivity index (χ0v) is 12.3. The van der Waals surface area contributed by atoms with Crippen LogP contribution < -0.4 is 10.0 Å².